The quantitative estimate of drug-likeness (QED) is 0.168. The molecule has 0 unspecified atom stereocenters. The van der Waals surface area contributed by atoms with Crippen LogP contribution >= 0.6 is 0 Å². The summed E-state index contributed by atoms with van der Waals surface area (Å²) < 4.78 is 0. The number of nitrogens with zero attached hydrogens (tertiary/aromatic N) is 4. The van der Waals surface area contributed by atoms with Crippen molar-refractivity contribution in [1.29, 1.82) is 5.26 Å². The molecule has 2 fully saturated rings. The first-order valence-corrected chi connectivity index (χ1v) is 10.2. The van der Waals surface area contributed by atoms with Gasteiger partial charge in [0.2, 0.25) is 17.8 Å². The van der Waals surface area contributed by atoms with Crippen molar-refractivity contribution >= 4 is 29.1 Å². The van der Waals surface area contributed by atoms with Gasteiger partial charge in [-0.1, -0.05) is 6.42 Å². The number of carbonyl (C=O) groups excluding carboxylic acids is 2. The Balaban J connectivity index is 0.000000293. The van der Waals surface area contributed by atoms with Crippen molar-refractivity contribution in [2.75, 3.05) is 31.9 Å². The second kappa shape index (κ2) is 14.3. The van der Waals surface area contributed by atoms with Gasteiger partial charge >= 0.3 is 0 Å². The van der Waals surface area contributed by atoms with Crippen LogP contribution in [0, 0.1) is 24.3 Å². The predicted molar refractivity (Wildman–Crippen MR) is 122 cm³/mol. The van der Waals surface area contributed by atoms with Gasteiger partial charge in [-0.25, -0.2) is 4.99 Å². The van der Waals surface area contributed by atoms with E-state index in [0.29, 0.717) is 24.3 Å². The van der Waals surface area contributed by atoms with E-state index in [0.717, 1.165) is 51.7 Å². The monoisotopic (exact) mass is 425 g/mol. The summed E-state index contributed by atoms with van der Waals surface area (Å²) in [5.41, 5.74) is 12.1. The van der Waals surface area contributed by atoms with E-state index in [2.05, 4.69) is 23.2 Å². The molecule has 0 saturated carbocycles. The zero-order valence-electron chi connectivity index (χ0n) is 17.8. The SMILES string of the molecule is C#C.N#CNC(N)=Nc1ccc(N)cc1.O=C(CN1CCCCCC1=O)N1CCCC1. The molecule has 2 amide bonds. The summed E-state index contributed by atoms with van der Waals surface area (Å²) >= 11 is 0. The lowest BCUT2D eigenvalue weighted by Crippen LogP contribution is -2.41. The van der Waals surface area contributed by atoms with Crippen LogP contribution in [-0.2, 0) is 9.59 Å². The van der Waals surface area contributed by atoms with Crippen LogP contribution in [0.4, 0.5) is 11.4 Å². The molecule has 1 aromatic rings. The highest BCUT2D eigenvalue weighted by atomic mass is 16.2. The highest BCUT2D eigenvalue weighted by Gasteiger charge is 2.23. The van der Waals surface area contributed by atoms with Crippen LogP contribution in [0.15, 0.2) is 29.3 Å². The lowest BCUT2D eigenvalue weighted by molar-refractivity contribution is -0.139. The van der Waals surface area contributed by atoms with E-state index in [1.54, 1.807) is 35.4 Å². The molecule has 0 bridgehead atoms. The summed E-state index contributed by atoms with van der Waals surface area (Å²) in [4.78, 5) is 31.1. The van der Waals surface area contributed by atoms with Gasteiger partial charge in [-0.2, -0.15) is 5.26 Å². The number of rotatable bonds is 3. The van der Waals surface area contributed by atoms with Crippen molar-refractivity contribution in [3.63, 3.8) is 0 Å². The first kappa shape index (κ1) is 25.3. The first-order valence-electron chi connectivity index (χ1n) is 10.2. The van der Waals surface area contributed by atoms with E-state index in [4.69, 9.17) is 16.7 Å². The number of likely N-dealkylation sites (tertiary alicyclic amines) is 2. The largest absolute Gasteiger partial charge is 0.399 e. The maximum Gasteiger partial charge on any atom is 0.242 e. The van der Waals surface area contributed by atoms with E-state index in [1.165, 1.54) is 0 Å². The number of hydrogen-bond donors (Lipinski definition) is 3. The van der Waals surface area contributed by atoms with Crippen molar-refractivity contribution in [2.45, 2.75) is 38.5 Å². The van der Waals surface area contributed by atoms with Gasteiger partial charge in [0.05, 0.1) is 12.2 Å². The van der Waals surface area contributed by atoms with Gasteiger partial charge in [0, 0.05) is 31.7 Å². The molecule has 9 heteroatoms. The highest BCUT2D eigenvalue weighted by molar-refractivity contribution is 5.85. The lowest BCUT2D eigenvalue weighted by atomic mass is 10.2. The molecule has 166 valence electrons. The van der Waals surface area contributed by atoms with Crippen LogP contribution in [0.5, 0.6) is 0 Å². The van der Waals surface area contributed by atoms with Crippen molar-refractivity contribution in [2.24, 2.45) is 10.7 Å². The molecule has 0 aromatic heterocycles. The Morgan fingerprint density at radius 1 is 1.10 bits per heavy atom. The van der Waals surface area contributed by atoms with E-state index < -0.39 is 0 Å². The molecular formula is C22H31N7O2. The van der Waals surface area contributed by atoms with Crippen LogP contribution in [0.3, 0.4) is 0 Å². The highest BCUT2D eigenvalue weighted by Crippen LogP contribution is 2.14. The number of carbonyl (C=O) groups is 2. The molecule has 0 atom stereocenters. The summed E-state index contributed by atoms with van der Waals surface area (Å²) in [5, 5.41) is 10.4. The lowest BCUT2D eigenvalue weighted by Gasteiger charge is -2.23. The molecule has 2 aliphatic rings. The van der Waals surface area contributed by atoms with Crippen molar-refractivity contribution in [1.82, 2.24) is 15.1 Å². The maximum atomic E-state index is 11.9. The first-order chi connectivity index (χ1) is 15.0. The topological polar surface area (TPSA) is 141 Å². The molecule has 0 spiro atoms. The number of nitriles is 1. The van der Waals surface area contributed by atoms with Crippen LogP contribution in [0.2, 0.25) is 0 Å². The van der Waals surface area contributed by atoms with Gasteiger partial charge < -0.3 is 21.3 Å². The van der Waals surface area contributed by atoms with Crippen LogP contribution in [0.25, 0.3) is 0 Å². The molecule has 31 heavy (non-hydrogen) atoms. The molecule has 3 rings (SSSR count). The molecule has 2 aliphatic heterocycles. The Labute approximate surface area is 184 Å². The fourth-order valence-electron chi connectivity index (χ4n) is 3.21. The van der Waals surface area contributed by atoms with Crippen LogP contribution < -0.4 is 16.8 Å². The average molecular weight is 426 g/mol. The van der Waals surface area contributed by atoms with Crippen molar-refractivity contribution in [3.05, 3.63) is 24.3 Å². The van der Waals surface area contributed by atoms with Crippen LogP contribution in [0.1, 0.15) is 38.5 Å². The third kappa shape index (κ3) is 9.55. The van der Waals surface area contributed by atoms with Gasteiger partial charge in [-0.05, 0) is 49.9 Å². The van der Waals surface area contributed by atoms with E-state index in [1.807, 2.05) is 4.90 Å². The standard InChI is InChI=1S/C12H20N2O2.C8H9N5.C2H2/c15-11-6-2-1-3-9-14(11)10-12(16)13-7-4-5-8-13;9-5-12-8(11)13-7-3-1-6(10)2-4-7;1-2/h1-10H2;1-4H,10H2,(H3,11,12,13);1-2H. The van der Waals surface area contributed by atoms with Gasteiger partial charge in [0.25, 0.3) is 0 Å². The van der Waals surface area contributed by atoms with Gasteiger partial charge in [0.1, 0.15) is 0 Å². The Hall–Kier alpha value is -3.72. The summed E-state index contributed by atoms with van der Waals surface area (Å²) in [6, 6.07) is 6.83. The fourth-order valence-corrected chi connectivity index (χ4v) is 3.21. The Morgan fingerprint density at radius 2 is 1.71 bits per heavy atom. The number of anilines is 1. The Kier molecular flexibility index (Phi) is 11.7. The minimum atomic E-state index is 0.0623. The number of guanidine groups is 1. The maximum absolute atomic E-state index is 11.9. The Morgan fingerprint density at radius 3 is 2.32 bits per heavy atom. The number of hydrogen-bond acceptors (Lipinski definition) is 5. The molecule has 2 saturated heterocycles. The van der Waals surface area contributed by atoms with Crippen molar-refractivity contribution in [3.8, 4) is 19.0 Å². The number of benzene rings is 1. The smallest absolute Gasteiger partial charge is 0.242 e. The summed E-state index contributed by atoms with van der Waals surface area (Å²) in [6.07, 6.45) is 15.6. The second-order valence-corrected chi connectivity index (χ2v) is 7.04. The molecule has 0 aliphatic carbocycles. The summed E-state index contributed by atoms with van der Waals surface area (Å²) in [7, 11) is 0. The minimum Gasteiger partial charge on any atom is -0.399 e. The molecule has 2 heterocycles. The molecule has 9 nitrogen and oxygen atoms in total. The Bertz CT molecular complexity index is 790. The zero-order valence-corrected chi connectivity index (χ0v) is 17.8. The second-order valence-electron chi connectivity index (χ2n) is 7.04. The number of nitrogen functional groups attached to an aromatic ring is 1. The number of nitrogens with one attached hydrogen (secondary N) is 1. The van der Waals surface area contributed by atoms with E-state index in [9.17, 15) is 9.59 Å². The number of aliphatic imine (C=N–C) groups is 1. The zero-order chi connectivity index (χ0) is 23.1. The number of terminal acetylenes is 1. The third-order valence-electron chi connectivity index (χ3n) is 4.78. The van der Waals surface area contributed by atoms with Crippen molar-refractivity contribution < 1.29 is 9.59 Å². The molecule has 5 N–H and O–H groups in total. The predicted octanol–water partition coefficient (Wildman–Crippen LogP) is 1.55. The summed E-state index contributed by atoms with van der Waals surface area (Å²) in [6.45, 7) is 2.82. The summed E-state index contributed by atoms with van der Waals surface area (Å²) in [5.74, 6) is 0.352. The number of nitrogens with two attached hydrogens (primary N) is 2. The molecular weight excluding hydrogens is 394 g/mol. The van der Waals surface area contributed by atoms with Gasteiger partial charge in [0.15, 0.2) is 6.19 Å². The third-order valence-corrected chi connectivity index (χ3v) is 4.78. The van der Waals surface area contributed by atoms with E-state index in [-0.39, 0.29) is 17.8 Å². The van der Waals surface area contributed by atoms with Gasteiger partial charge in [-0.15, -0.1) is 12.8 Å². The number of amides is 2. The van der Waals surface area contributed by atoms with Gasteiger partial charge in [-0.3, -0.25) is 14.9 Å². The normalized spacial score (nSPS) is 16.0. The van der Waals surface area contributed by atoms with Crippen LogP contribution in [-0.4, -0.2) is 53.8 Å². The fraction of sp³-hybridized carbons (Fsp3) is 0.455. The van der Waals surface area contributed by atoms with E-state index >= 15 is 0 Å². The average Bonchev–Trinajstić information content (AvgIpc) is 3.24. The molecule has 0 radical (unpaired) electrons. The molecule has 1 aromatic carbocycles. The minimum absolute atomic E-state index is 0.0623.